The third kappa shape index (κ3) is 9.17. The van der Waals surface area contributed by atoms with Gasteiger partial charge in [-0.25, -0.2) is 8.42 Å². The molecule has 0 saturated carbocycles. The Morgan fingerprint density at radius 1 is 0.875 bits per heavy atom. The summed E-state index contributed by atoms with van der Waals surface area (Å²) in [6.45, 7) is 1.43. The lowest BCUT2D eigenvalue weighted by Gasteiger charge is -2.32. The zero-order valence-electron chi connectivity index (χ0n) is 26.8. The molecular formula is C37H39Cl2N3O5S. The van der Waals surface area contributed by atoms with Crippen molar-refractivity contribution in [1.82, 2.24) is 14.5 Å². The van der Waals surface area contributed by atoms with Crippen LogP contribution in [-0.4, -0.2) is 55.7 Å². The van der Waals surface area contributed by atoms with Crippen molar-refractivity contribution < 1.29 is 22.7 Å². The maximum absolute atomic E-state index is 14.1. The molecule has 0 aromatic heterocycles. The minimum absolute atomic E-state index is 0.121. The minimum Gasteiger partial charge on any atom is -0.497 e. The third-order valence-electron chi connectivity index (χ3n) is 8.50. The van der Waals surface area contributed by atoms with Gasteiger partial charge in [-0.2, -0.15) is 4.31 Å². The Balaban J connectivity index is 1.38. The van der Waals surface area contributed by atoms with Crippen molar-refractivity contribution in [3.63, 3.8) is 0 Å². The summed E-state index contributed by atoms with van der Waals surface area (Å²) < 4.78 is 32.8. The van der Waals surface area contributed by atoms with Crippen molar-refractivity contribution in [2.45, 2.75) is 56.1 Å². The number of aryl methyl sites for hydroxylation is 1. The topological polar surface area (TPSA) is 96.0 Å². The second-order valence-electron chi connectivity index (χ2n) is 11.8. The van der Waals surface area contributed by atoms with Gasteiger partial charge in [0.15, 0.2) is 0 Å². The highest BCUT2D eigenvalue weighted by Crippen LogP contribution is 2.24. The van der Waals surface area contributed by atoms with Gasteiger partial charge in [0.1, 0.15) is 11.8 Å². The maximum atomic E-state index is 14.1. The Morgan fingerprint density at radius 2 is 1.54 bits per heavy atom. The van der Waals surface area contributed by atoms with E-state index in [1.165, 1.54) is 4.31 Å². The Morgan fingerprint density at radius 3 is 2.19 bits per heavy atom. The van der Waals surface area contributed by atoms with Crippen LogP contribution in [0.1, 0.15) is 41.5 Å². The van der Waals surface area contributed by atoms with E-state index < -0.39 is 16.1 Å². The van der Waals surface area contributed by atoms with Crippen LogP contribution in [-0.2, 0) is 45.5 Å². The molecule has 0 unspecified atom stereocenters. The van der Waals surface area contributed by atoms with Crippen LogP contribution in [0.25, 0.3) is 0 Å². The molecule has 0 bridgehead atoms. The Bertz CT molecular complexity index is 1800. The molecule has 0 radical (unpaired) electrons. The number of carbonyl (C=O) groups is 2. The zero-order valence-corrected chi connectivity index (χ0v) is 29.1. The molecule has 1 aliphatic rings. The summed E-state index contributed by atoms with van der Waals surface area (Å²) >= 11 is 12.5. The molecule has 1 N–H and O–H groups in total. The standard InChI is InChI=1S/C37H39Cl2N3O5S/c1-47-32-16-9-29(10-17-32)26-42(36(43)20-13-27-11-18-33(19-12-27)48(45,46)41-21-5-6-22-41)35(23-28-7-3-2-4-8-28)37(44)40-25-30-14-15-31(38)24-34(30)39/h2-4,7-12,14-19,24,35H,5-6,13,20-23,25-26H2,1H3,(H,40,44)/t35-/m1/s1. The van der Waals surface area contributed by atoms with E-state index in [0.717, 1.165) is 29.5 Å². The molecule has 5 rings (SSSR count). The van der Waals surface area contributed by atoms with Gasteiger partial charge in [0.05, 0.1) is 12.0 Å². The van der Waals surface area contributed by atoms with E-state index in [4.69, 9.17) is 27.9 Å². The first-order chi connectivity index (χ1) is 23.1. The van der Waals surface area contributed by atoms with Gasteiger partial charge in [-0.1, -0.05) is 83.9 Å². The molecule has 11 heteroatoms. The van der Waals surface area contributed by atoms with Crippen LogP contribution >= 0.6 is 23.2 Å². The number of hydrogen-bond donors (Lipinski definition) is 1. The molecule has 1 fully saturated rings. The van der Waals surface area contributed by atoms with Crippen molar-refractivity contribution in [1.29, 1.82) is 0 Å². The van der Waals surface area contributed by atoms with Gasteiger partial charge in [0, 0.05) is 49.1 Å². The van der Waals surface area contributed by atoms with E-state index in [0.29, 0.717) is 47.3 Å². The van der Waals surface area contributed by atoms with Crippen molar-refractivity contribution in [2.75, 3.05) is 20.2 Å². The monoisotopic (exact) mass is 707 g/mol. The van der Waals surface area contributed by atoms with E-state index in [2.05, 4.69) is 5.32 Å². The van der Waals surface area contributed by atoms with E-state index in [9.17, 15) is 18.0 Å². The zero-order chi connectivity index (χ0) is 34.1. The fourth-order valence-electron chi connectivity index (χ4n) is 5.75. The summed E-state index contributed by atoms with van der Waals surface area (Å²) in [5.41, 5.74) is 3.28. The second-order valence-corrected chi connectivity index (χ2v) is 14.6. The van der Waals surface area contributed by atoms with E-state index >= 15 is 0 Å². The lowest BCUT2D eigenvalue weighted by atomic mass is 10.0. The molecule has 1 atom stereocenters. The number of methoxy groups -OCH3 is 1. The number of nitrogens with one attached hydrogen (secondary N) is 1. The first-order valence-corrected chi connectivity index (χ1v) is 18.1. The van der Waals surface area contributed by atoms with Crippen LogP contribution in [0.3, 0.4) is 0 Å². The van der Waals surface area contributed by atoms with Crippen LogP contribution in [0.2, 0.25) is 10.0 Å². The van der Waals surface area contributed by atoms with E-state index in [-0.39, 0.29) is 36.2 Å². The van der Waals surface area contributed by atoms with Crippen LogP contribution in [0.15, 0.2) is 102 Å². The summed E-state index contributed by atoms with van der Waals surface area (Å²) in [5.74, 6) is 0.161. The van der Waals surface area contributed by atoms with Crippen LogP contribution in [0, 0.1) is 0 Å². The average molecular weight is 709 g/mol. The van der Waals surface area contributed by atoms with Gasteiger partial charge >= 0.3 is 0 Å². The van der Waals surface area contributed by atoms with Crippen molar-refractivity contribution in [3.05, 3.63) is 129 Å². The van der Waals surface area contributed by atoms with Gasteiger partial charge in [-0.15, -0.1) is 0 Å². The number of halogens is 2. The largest absolute Gasteiger partial charge is 0.497 e. The lowest BCUT2D eigenvalue weighted by Crippen LogP contribution is -2.50. The quantitative estimate of drug-likeness (QED) is 0.158. The minimum atomic E-state index is -3.53. The Kier molecular flexibility index (Phi) is 12.2. The maximum Gasteiger partial charge on any atom is 0.243 e. The molecular weight excluding hydrogens is 669 g/mol. The Hall–Kier alpha value is -3.89. The van der Waals surface area contributed by atoms with Gasteiger partial charge in [-0.3, -0.25) is 9.59 Å². The third-order valence-corrected chi connectivity index (χ3v) is 11.0. The molecule has 252 valence electrons. The smallest absolute Gasteiger partial charge is 0.243 e. The summed E-state index contributed by atoms with van der Waals surface area (Å²) in [6, 6.07) is 28.0. The number of carbonyl (C=O) groups excluding carboxylic acids is 2. The van der Waals surface area contributed by atoms with Crippen molar-refractivity contribution in [2.24, 2.45) is 0 Å². The van der Waals surface area contributed by atoms with Gasteiger partial charge < -0.3 is 15.0 Å². The molecule has 4 aromatic rings. The van der Waals surface area contributed by atoms with Gasteiger partial charge in [0.2, 0.25) is 21.8 Å². The SMILES string of the molecule is COc1ccc(CN(C(=O)CCc2ccc(S(=O)(=O)N3CCCC3)cc2)[C@H](Cc2ccccc2)C(=O)NCc2ccc(Cl)cc2Cl)cc1. The fraction of sp³-hybridized carbons (Fsp3) is 0.297. The molecule has 1 saturated heterocycles. The molecule has 0 aliphatic carbocycles. The van der Waals surface area contributed by atoms with E-state index in [1.54, 1.807) is 54.5 Å². The number of nitrogens with zero attached hydrogens (tertiary/aromatic N) is 2. The fourth-order valence-corrected chi connectivity index (χ4v) is 7.74. The number of ether oxygens (including phenoxy) is 1. The average Bonchev–Trinajstić information content (AvgIpc) is 3.66. The normalized spacial score (nSPS) is 14.0. The predicted molar refractivity (Wildman–Crippen MR) is 189 cm³/mol. The number of sulfonamides is 1. The molecule has 4 aromatic carbocycles. The predicted octanol–water partition coefficient (Wildman–Crippen LogP) is 6.68. The van der Waals surface area contributed by atoms with Crippen molar-refractivity contribution >= 4 is 45.0 Å². The number of benzene rings is 4. The molecule has 1 aliphatic heterocycles. The molecule has 48 heavy (non-hydrogen) atoms. The highest BCUT2D eigenvalue weighted by molar-refractivity contribution is 7.89. The second kappa shape index (κ2) is 16.5. The first kappa shape index (κ1) is 35.4. The first-order valence-electron chi connectivity index (χ1n) is 15.9. The van der Waals surface area contributed by atoms with Crippen LogP contribution in [0.4, 0.5) is 0 Å². The summed E-state index contributed by atoms with van der Waals surface area (Å²) in [5, 5.41) is 3.93. The van der Waals surface area contributed by atoms with Crippen LogP contribution < -0.4 is 10.1 Å². The molecule has 2 amide bonds. The summed E-state index contributed by atoms with van der Waals surface area (Å²) in [7, 11) is -1.94. The van der Waals surface area contributed by atoms with Gasteiger partial charge in [0.25, 0.3) is 0 Å². The summed E-state index contributed by atoms with van der Waals surface area (Å²) in [4.78, 5) is 30.0. The highest BCUT2D eigenvalue weighted by atomic mass is 35.5. The molecule has 8 nitrogen and oxygen atoms in total. The van der Waals surface area contributed by atoms with Crippen LogP contribution in [0.5, 0.6) is 5.75 Å². The lowest BCUT2D eigenvalue weighted by molar-refractivity contribution is -0.141. The van der Waals surface area contributed by atoms with Crippen molar-refractivity contribution in [3.8, 4) is 5.75 Å². The highest BCUT2D eigenvalue weighted by Gasteiger charge is 2.31. The number of hydrogen-bond acceptors (Lipinski definition) is 5. The molecule has 0 spiro atoms. The Labute approximate surface area is 292 Å². The van der Waals surface area contributed by atoms with Gasteiger partial charge in [-0.05, 0) is 77.9 Å². The number of amides is 2. The number of rotatable bonds is 14. The molecule has 1 heterocycles. The summed E-state index contributed by atoms with van der Waals surface area (Å²) in [6.07, 6.45) is 2.53. The van der Waals surface area contributed by atoms with E-state index in [1.807, 2.05) is 54.6 Å².